The highest BCUT2D eigenvalue weighted by Crippen LogP contribution is 2.28. The lowest BCUT2D eigenvalue weighted by atomic mass is 9.81. The molecule has 0 radical (unpaired) electrons. The topological polar surface area (TPSA) is 79.3 Å². The molecule has 1 fully saturated rings. The van der Waals surface area contributed by atoms with Crippen molar-refractivity contribution in [2.24, 2.45) is 0 Å². The molecule has 1 aromatic rings. The van der Waals surface area contributed by atoms with Crippen LogP contribution in [-0.4, -0.2) is 27.5 Å². The van der Waals surface area contributed by atoms with E-state index in [2.05, 4.69) is 10.3 Å². The molecule has 102 valence electrons. The van der Waals surface area contributed by atoms with Gasteiger partial charge in [-0.2, -0.15) is 0 Å². The fourth-order valence-electron chi connectivity index (χ4n) is 2.34. The van der Waals surface area contributed by atoms with Crippen LogP contribution in [0.4, 0.5) is 0 Å². The van der Waals surface area contributed by atoms with Crippen LogP contribution >= 0.6 is 11.6 Å². The quantitative estimate of drug-likeness (QED) is 0.891. The first-order valence-electron chi connectivity index (χ1n) is 6.21. The Morgan fingerprint density at radius 1 is 1.26 bits per heavy atom. The predicted molar refractivity (Wildman–Crippen MR) is 70.2 cm³/mol. The van der Waals surface area contributed by atoms with Crippen LogP contribution < -0.4 is 5.32 Å². The van der Waals surface area contributed by atoms with Crippen molar-refractivity contribution in [2.75, 3.05) is 0 Å². The number of carbonyl (C=O) groups excluding carboxylic acids is 1. The third-order valence-corrected chi connectivity index (χ3v) is 3.65. The smallest absolute Gasteiger partial charge is 0.329 e. The second-order valence-electron chi connectivity index (χ2n) is 4.76. The molecule has 5 nitrogen and oxygen atoms in total. The van der Waals surface area contributed by atoms with E-state index in [0.717, 1.165) is 19.3 Å². The fraction of sp³-hybridized carbons (Fsp3) is 0.462. The van der Waals surface area contributed by atoms with E-state index in [4.69, 9.17) is 11.6 Å². The van der Waals surface area contributed by atoms with Gasteiger partial charge in [-0.25, -0.2) is 9.78 Å². The highest BCUT2D eigenvalue weighted by molar-refractivity contribution is 6.30. The first kappa shape index (κ1) is 13.8. The van der Waals surface area contributed by atoms with E-state index < -0.39 is 17.4 Å². The lowest BCUT2D eigenvalue weighted by molar-refractivity contribution is -0.145. The zero-order valence-electron chi connectivity index (χ0n) is 10.4. The molecule has 0 unspecified atom stereocenters. The molecule has 1 saturated carbocycles. The van der Waals surface area contributed by atoms with E-state index in [1.165, 1.54) is 12.3 Å². The lowest BCUT2D eigenvalue weighted by Crippen LogP contribution is -2.55. The number of hydrogen-bond acceptors (Lipinski definition) is 3. The summed E-state index contributed by atoms with van der Waals surface area (Å²) in [6.45, 7) is 0. The predicted octanol–water partition coefficient (Wildman–Crippen LogP) is 2.25. The van der Waals surface area contributed by atoms with E-state index in [9.17, 15) is 14.7 Å². The summed E-state index contributed by atoms with van der Waals surface area (Å²) in [6.07, 6.45) is 4.90. The zero-order chi connectivity index (χ0) is 13.9. The Morgan fingerprint density at radius 3 is 2.47 bits per heavy atom. The summed E-state index contributed by atoms with van der Waals surface area (Å²) in [5, 5.41) is 12.4. The zero-order valence-corrected chi connectivity index (χ0v) is 11.1. The van der Waals surface area contributed by atoms with Crippen molar-refractivity contribution in [1.29, 1.82) is 0 Å². The van der Waals surface area contributed by atoms with Gasteiger partial charge in [0.05, 0.1) is 5.02 Å². The molecule has 1 heterocycles. The van der Waals surface area contributed by atoms with E-state index in [1.54, 1.807) is 6.07 Å². The minimum atomic E-state index is -1.16. The third kappa shape index (κ3) is 3.04. The minimum absolute atomic E-state index is 0.176. The first-order valence-corrected chi connectivity index (χ1v) is 6.59. The standard InChI is InChI=1S/C13H15ClN2O3/c14-9-4-5-10(15-8-9)11(17)16-13(12(18)19)6-2-1-3-7-13/h4-5,8H,1-3,6-7H2,(H,16,17)(H,18,19). The number of aliphatic carboxylic acids is 1. The Bertz CT molecular complexity index is 481. The van der Waals surface area contributed by atoms with Gasteiger partial charge in [0.2, 0.25) is 0 Å². The average Bonchev–Trinajstić information content (AvgIpc) is 2.40. The Balaban J connectivity index is 2.15. The van der Waals surface area contributed by atoms with Gasteiger partial charge in [-0.05, 0) is 25.0 Å². The van der Waals surface area contributed by atoms with Crippen molar-refractivity contribution in [1.82, 2.24) is 10.3 Å². The molecule has 1 aliphatic rings. The summed E-state index contributed by atoms with van der Waals surface area (Å²) in [6, 6.07) is 3.04. The first-order chi connectivity index (χ1) is 9.03. The monoisotopic (exact) mass is 282 g/mol. The maximum absolute atomic E-state index is 12.1. The van der Waals surface area contributed by atoms with Gasteiger partial charge in [-0.1, -0.05) is 30.9 Å². The van der Waals surface area contributed by atoms with Crippen LogP contribution in [0.3, 0.4) is 0 Å². The van der Waals surface area contributed by atoms with Gasteiger partial charge in [0.25, 0.3) is 5.91 Å². The second-order valence-corrected chi connectivity index (χ2v) is 5.20. The number of nitrogens with one attached hydrogen (secondary N) is 1. The number of amides is 1. The molecule has 0 spiro atoms. The summed E-state index contributed by atoms with van der Waals surface area (Å²) in [5.41, 5.74) is -0.980. The Hall–Kier alpha value is -1.62. The van der Waals surface area contributed by atoms with Gasteiger partial charge in [-0.3, -0.25) is 4.79 Å². The molecule has 1 aromatic heterocycles. The highest BCUT2D eigenvalue weighted by Gasteiger charge is 2.41. The number of aromatic nitrogens is 1. The van der Waals surface area contributed by atoms with E-state index >= 15 is 0 Å². The van der Waals surface area contributed by atoms with Crippen molar-refractivity contribution in [3.05, 3.63) is 29.0 Å². The van der Waals surface area contributed by atoms with Gasteiger partial charge in [-0.15, -0.1) is 0 Å². The molecular weight excluding hydrogens is 268 g/mol. The summed E-state index contributed by atoms with van der Waals surface area (Å²) in [7, 11) is 0. The molecule has 0 atom stereocenters. The minimum Gasteiger partial charge on any atom is -0.480 e. The molecule has 0 bridgehead atoms. The van der Waals surface area contributed by atoms with Crippen LogP contribution in [0.15, 0.2) is 18.3 Å². The van der Waals surface area contributed by atoms with E-state index in [1.807, 2.05) is 0 Å². The summed E-state index contributed by atoms with van der Waals surface area (Å²) in [4.78, 5) is 27.4. The number of carbonyl (C=O) groups is 2. The number of carboxylic acids is 1. The Labute approximate surface area is 116 Å². The number of carboxylic acid groups (broad SMARTS) is 1. The van der Waals surface area contributed by atoms with Gasteiger partial charge in [0.15, 0.2) is 0 Å². The molecule has 2 N–H and O–H groups in total. The van der Waals surface area contributed by atoms with E-state index in [0.29, 0.717) is 17.9 Å². The van der Waals surface area contributed by atoms with Crippen molar-refractivity contribution in [2.45, 2.75) is 37.6 Å². The fourth-order valence-corrected chi connectivity index (χ4v) is 2.45. The summed E-state index contributed by atoms with van der Waals surface area (Å²) < 4.78 is 0. The number of hydrogen-bond donors (Lipinski definition) is 2. The molecule has 1 amide bonds. The van der Waals surface area contributed by atoms with Crippen LogP contribution in [0.25, 0.3) is 0 Å². The molecule has 0 saturated heterocycles. The van der Waals surface area contributed by atoms with Gasteiger partial charge < -0.3 is 10.4 Å². The normalized spacial score (nSPS) is 17.7. The Morgan fingerprint density at radius 2 is 1.95 bits per heavy atom. The maximum atomic E-state index is 12.1. The molecule has 6 heteroatoms. The van der Waals surface area contributed by atoms with Crippen LogP contribution in [0, 0.1) is 0 Å². The maximum Gasteiger partial charge on any atom is 0.329 e. The molecule has 1 aliphatic carbocycles. The second kappa shape index (κ2) is 5.57. The van der Waals surface area contributed by atoms with Crippen LogP contribution in [-0.2, 0) is 4.79 Å². The number of rotatable bonds is 3. The van der Waals surface area contributed by atoms with E-state index in [-0.39, 0.29) is 5.69 Å². The SMILES string of the molecule is O=C(NC1(C(=O)O)CCCCC1)c1ccc(Cl)cn1. The largest absolute Gasteiger partial charge is 0.480 e. The van der Waals surface area contributed by atoms with Crippen LogP contribution in [0.2, 0.25) is 5.02 Å². The van der Waals surface area contributed by atoms with Gasteiger partial charge in [0, 0.05) is 6.20 Å². The van der Waals surface area contributed by atoms with Gasteiger partial charge in [0.1, 0.15) is 11.2 Å². The van der Waals surface area contributed by atoms with Crippen LogP contribution in [0.5, 0.6) is 0 Å². The van der Waals surface area contributed by atoms with Crippen molar-refractivity contribution in [3.63, 3.8) is 0 Å². The molecule has 0 aliphatic heterocycles. The number of nitrogens with zero attached hydrogens (tertiary/aromatic N) is 1. The molecule has 0 aromatic carbocycles. The number of pyridine rings is 1. The highest BCUT2D eigenvalue weighted by atomic mass is 35.5. The third-order valence-electron chi connectivity index (χ3n) is 3.43. The number of halogens is 1. The van der Waals surface area contributed by atoms with Crippen molar-refractivity contribution in [3.8, 4) is 0 Å². The van der Waals surface area contributed by atoms with Crippen molar-refractivity contribution < 1.29 is 14.7 Å². The molecular formula is C13H15ClN2O3. The summed E-state index contributed by atoms with van der Waals surface area (Å²) >= 11 is 5.70. The molecule has 2 rings (SSSR count). The van der Waals surface area contributed by atoms with Crippen molar-refractivity contribution >= 4 is 23.5 Å². The van der Waals surface area contributed by atoms with Crippen LogP contribution in [0.1, 0.15) is 42.6 Å². The summed E-state index contributed by atoms with van der Waals surface area (Å²) in [5.74, 6) is -1.45. The average molecular weight is 283 g/mol. The van der Waals surface area contributed by atoms with Gasteiger partial charge >= 0.3 is 5.97 Å². The molecule has 19 heavy (non-hydrogen) atoms. The lowest BCUT2D eigenvalue weighted by Gasteiger charge is -2.33. The Kier molecular flexibility index (Phi) is 4.04.